The zero-order valence-electron chi connectivity index (χ0n) is 18.0. The molecule has 1 aliphatic rings. The summed E-state index contributed by atoms with van der Waals surface area (Å²) in [4.78, 5) is 0. The Labute approximate surface area is 184 Å². The van der Waals surface area contributed by atoms with Crippen LogP contribution in [0.5, 0.6) is 0 Å². The Bertz CT molecular complexity index is 1370. The van der Waals surface area contributed by atoms with Crippen molar-refractivity contribution in [3.05, 3.63) is 59.4 Å². The number of nitrogens with one attached hydrogen (secondary N) is 1. The van der Waals surface area contributed by atoms with Crippen molar-refractivity contribution < 1.29 is 13.9 Å². The third kappa shape index (κ3) is 3.18. The highest BCUT2D eigenvalue weighted by Crippen LogP contribution is 2.46. The minimum Gasteiger partial charge on any atom is -0.375 e. The molecule has 0 bridgehead atoms. The van der Waals surface area contributed by atoms with Crippen LogP contribution in [-0.2, 0) is 0 Å². The van der Waals surface area contributed by atoms with Gasteiger partial charge in [-0.05, 0) is 67.3 Å². The average Bonchev–Trinajstić information content (AvgIpc) is 3.36. The van der Waals surface area contributed by atoms with Crippen LogP contribution < -0.4 is 0 Å². The second-order valence-corrected chi connectivity index (χ2v) is 9.13. The molecule has 0 spiro atoms. The van der Waals surface area contributed by atoms with E-state index in [4.69, 9.17) is 0 Å². The second kappa shape index (κ2) is 7.42. The van der Waals surface area contributed by atoms with Crippen LogP contribution in [0.1, 0.15) is 62.6 Å². The van der Waals surface area contributed by atoms with E-state index in [-0.39, 0.29) is 11.8 Å². The van der Waals surface area contributed by atoms with Crippen LogP contribution in [0.25, 0.3) is 27.5 Å². The third-order valence-electron chi connectivity index (χ3n) is 6.74. The first-order valence-electron chi connectivity index (χ1n) is 10.9. The van der Waals surface area contributed by atoms with Crippen LogP contribution in [0.15, 0.2) is 36.5 Å². The molecule has 0 saturated heterocycles. The van der Waals surface area contributed by atoms with E-state index in [2.05, 4.69) is 36.2 Å². The van der Waals surface area contributed by atoms with Gasteiger partial charge in [-0.2, -0.15) is 10.4 Å². The fourth-order valence-electron chi connectivity index (χ4n) is 5.16. The first kappa shape index (κ1) is 20.7. The molecule has 7 heteroatoms. The Morgan fingerprint density at radius 3 is 2.59 bits per heavy atom. The molecule has 0 aliphatic heterocycles. The van der Waals surface area contributed by atoms with Gasteiger partial charge in [-0.15, -0.1) is 0 Å². The van der Waals surface area contributed by atoms with Gasteiger partial charge in [0.2, 0.25) is 0 Å². The average molecular weight is 434 g/mol. The van der Waals surface area contributed by atoms with E-state index >= 15 is 0 Å². The fourth-order valence-corrected chi connectivity index (χ4v) is 5.16. The van der Waals surface area contributed by atoms with E-state index < -0.39 is 17.2 Å². The molecule has 4 aromatic rings. The Hall–Kier alpha value is -3.24. The molecule has 5 nitrogen and oxygen atoms in total. The lowest BCUT2D eigenvalue weighted by molar-refractivity contribution is 0.0528. The predicted molar refractivity (Wildman–Crippen MR) is 119 cm³/mol. The Balaban J connectivity index is 1.80. The number of aliphatic hydroxyl groups is 1. The van der Waals surface area contributed by atoms with Crippen molar-refractivity contribution in [2.24, 2.45) is 0 Å². The lowest BCUT2D eigenvalue weighted by Crippen LogP contribution is -2.31. The molecule has 0 amide bonds. The quantitative estimate of drug-likeness (QED) is 0.399. The maximum atomic E-state index is 14.2. The highest BCUT2D eigenvalue weighted by Gasteiger charge is 2.36. The molecular weight excluding hydrogens is 410 g/mol. The van der Waals surface area contributed by atoms with Gasteiger partial charge >= 0.3 is 0 Å². The molecule has 1 saturated carbocycles. The van der Waals surface area contributed by atoms with Gasteiger partial charge in [0.15, 0.2) is 17.2 Å². The summed E-state index contributed by atoms with van der Waals surface area (Å²) in [6, 6.07) is 10.1. The van der Waals surface area contributed by atoms with Gasteiger partial charge in [0.1, 0.15) is 0 Å². The molecule has 0 atom stereocenters. The van der Waals surface area contributed by atoms with E-state index in [9.17, 15) is 19.1 Å². The molecule has 32 heavy (non-hydrogen) atoms. The summed E-state index contributed by atoms with van der Waals surface area (Å²) in [5.74, 6) is -1.51. The fraction of sp³-hybridized carbons (Fsp3) is 0.360. The SMILES string of the molecule is CC(C)c1c([C@H]2CC[C@](O)(C#N)CC2)c2cc3[nH]ncc3cc2n1-c1ccc(F)c(F)c1. The number of aromatic amines is 1. The van der Waals surface area contributed by atoms with Crippen LogP contribution in [0, 0.1) is 23.0 Å². The molecule has 1 aliphatic carbocycles. The van der Waals surface area contributed by atoms with Crippen molar-refractivity contribution in [1.82, 2.24) is 14.8 Å². The van der Waals surface area contributed by atoms with Crippen LogP contribution in [0.4, 0.5) is 8.78 Å². The zero-order valence-corrected chi connectivity index (χ0v) is 18.0. The molecule has 5 rings (SSSR count). The maximum Gasteiger partial charge on any atom is 0.160 e. The van der Waals surface area contributed by atoms with Crippen molar-refractivity contribution in [2.75, 3.05) is 0 Å². The summed E-state index contributed by atoms with van der Waals surface area (Å²) in [5, 5.41) is 28.9. The third-order valence-corrected chi connectivity index (χ3v) is 6.74. The zero-order chi connectivity index (χ0) is 22.6. The summed E-state index contributed by atoms with van der Waals surface area (Å²) >= 11 is 0. The summed E-state index contributed by atoms with van der Waals surface area (Å²) < 4.78 is 30.0. The smallest absolute Gasteiger partial charge is 0.160 e. The highest BCUT2D eigenvalue weighted by atomic mass is 19.2. The number of hydrogen-bond donors (Lipinski definition) is 2. The topological polar surface area (TPSA) is 77.6 Å². The highest BCUT2D eigenvalue weighted by molar-refractivity contribution is 5.99. The summed E-state index contributed by atoms with van der Waals surface area (Å²) in [6.07, 6.45) is 3.94. The molecule has 164 valence electrons. The molecule has 2 N–H and O–H groups in total. The number of benzene rings is 2. The number of nitriles is 1. The van der Waals surface area contributed by atoms with Crippen LogP contribution in [0.2, 0.25) is 0 Å². The van der Waals surface area contributed by atoms with Gasteiger partial charge in [-0.25, -0.2) is 8.78 Å². The van der Waals surface area contributed by atoms with E-state index in [1.165, 1.54) is 6.07 Å². The van der Waals surface area contributed by atoms with Crippen molar-refractivity contribution in [3.8, 4) is 11.8 Å². The van der Waals surface area contributed by atoms with E-state index in [1.54, 1.807) is 12.3 Å². The maximum absolute atomic E-state index is 14.2. The van der Waals surface area contributed by atoms with Crippen LogP contribution in [0.3, 0.4) is 0 Å². The van der Waals surface area contributed by atoms with Crippen molar-refractivity contribution in [3.63, 3.8) is 0 Å². The predicted octanol–water partition coefficient (Wildman–Crippen LogP) is 5.82. The lowest BCUT2D eigenvalue weighted by Gasteiger charge is -2.32. The van der Waals surface area contributed by atoms with Gasteiger partial charge in [0, 0.05) is 28.2 Å². The number of hydrogen-bond acceptors (Lipinski definition) is 3. The summed E-state index contributed by atoms with van der Waals surface area (Å²) in [7, 11) is 0. The monoisotopic (exact) mass is 434 g/mol. The molecule has 2 aromatic carbocycles. The van der Waals surface area contributed by atoms with Crippen LogP contribution >= 0.6 is 0 Å². The van der Waals surface area contributed by atoms with Crippen molar-refractivity contribution in [1.29, 1.82) is 5.26 Å². The number of nitrogens with zero attached hydrogens (tertiary/aromatic N) is 3. The van der Waals surface area contributed by atoms with Crippen LogP contribution in [-0.4, -0.2) is 25.5 Å². The van der Waals surface area contributed by atoms with Gasteiger partial charge in [0.05, 0.1) is 23.3 Å². The standard InChI is InChI=1S/C25H24F2N4O/c1-14(2)24-23(15-5-7-25(32,13-28)8-6-15)18-11-21-16(12-29-30-21)9-22(18)31(24)17-3-4-19(26)20(27)10-17/h3-4,9-12,14-15,32H,5-8H2,1-2H3,(H,29,30)/t15-,25+. The summed E-state index contributed by atoms with van der Waals surface area (Å²) in [5.41, 5.74) is 3.29. The number of fused-ring (bicyclic) bond motifs is 2. The first-order chi connectivity index (χ1) is 15.3. The minimum atomic E-state index is -1.27. The molecule has 2 heterocycles. The second-order valence-electron chi connectivity index (χ2n) is 9.13. The van der Waals surface area contributed by atoms with Crippen molar-refractivity contribution >= 4 is 21.8 Å². The molecule has 0 unspecified atom stereocenters. The van der Waals surface area contributed by atoms with Gasteiger partial charge in [0.25, 0.3) is 0 Å². The Kier molecular flexibility index (Phi) is 4.79. The molecule has 2 aromatic heterocycles. The van der Waals surface area contributed by atoms with Gasteiger partial charge < -0.3 is 9.67 Å². The molecule has 0 radical (unpaired) electrons. The molecular formula is C25H24F2N4O. The number of H-pyrrole nitrogens is 1. The van der Waals surface area contributed by atoms with E-state index in [1.807, 2.05) is 10.6 Å². The van der Waals surface area contributed by atoms with Gasteiger partial charge in [-0.1, -0.05) is 13.8 Å². The van der Waals surface area contributed by atoms with E-state index in [0.29, 0.717) is 31.4 Å². The number of rotatable bonds is 3. The largest absolute Gasteiger partial charge is 0.375 e. The molecule has 1 fully saturated rings. The lowest BCUT2D eigenvalue weighted by atomic mass is 9.75. The Morgan fingerprint density at radius 2 is 1.94 bits per heavy atom. The number of halogens is 2. The Morgan fingerprint density at radius 1 is 1.19 bits per heavy atom. The normalized spacial score (nSPS) is 21.5. The van der Waals surface area contributed by atoms with Gasteiger partial charge in [-0.3, -0.25) is 5.10 Å². The van der Waals surface area contributed by atoms with E-state index in [0.717, 1.165) is 39.1 Å². The minimum absolute atomic E-state index is 0.110. The summed E-state index contributed by atoms with van der Waals surface area (Å²) in [6.45, 7) is 4.19. The first-order valence-corrected chi connectivity index (χ1v) is 10.9. The van der Waals surface area contributed by atoms with Crippen molar-refractivity contribution in [2.45, 2.75) is 57.0 Å². The number of aromatic nitrogens is 3.